The van der Waals surface area contributed by atoms with Crippen molar-refractivity contribution in [3.05, 3.63) is 18.2 Å². The summed E-state index contributed by atoms with van der Waals surface area (Å²) in [5.41, 5.74) is 0. The lowest BCUT2D eigenvalue weighted by molar-refractivity contribution is -0.144. The first kappa shape index (κ1) is 18.1. The summed E-state index contributed by atoms with van der Waals surface area (Å²) in [5, 5.41) is 2.93. The van der Waals surface area contributed by atoms with E-state index >= 15 is 0 Å². The standard InChI is InChI=1S/C16H22FN3O4/c1-2-23-15(22)8-7-14(21)20-12-3-5-13(6-4-12)24-16-18-9-11(17)10-19-16/h9-10,12-13H,2-8H2,1H3,(H,20,21). The Labute approximate surface area is 140 Å². The zero-order chi connectivity index (χ0) is 17.4. The van der Waals surface area contributed by atoms with Gasteiger partial charge in [0.05, 0.1) is 25.4 Å². The fraction of sp³-hybridized carbons (Fsp3) is 0.625. The van der Waals surface area contributed by atoms with Crippen LogP contribution in [0.5, 0.6) is 6.01 Å². The van der Waals surface area contributed by atoms with E-state index in [4.69, 9.17) is 9.47 Å². The van der Waals surface area contributed by atoms with Crippen LogP contribution in [-0.4, -0.2) is 40.6 Å². The average Bonchev–Trinajstić information content (AvgIpc) is 2.57. The quantitative estimate of drug-likeness (QED) is 0.761. The fourth-order valence-electron chi connectivity index (χ4n) is 2.58. The lowest BCUT2D eigenvalue weighted by atomic mass is 9.93. The van der Waals surface area contributed by atoms with Gasteiger partial charge in [0, 0.05) is 12.5 Å². The molecule has 1 N–H and O–H groups in total. The number of hydrogen-bond donors (Lipinski definition) is 1. The van der Waals surface area contributed by atoms with E-state index in [2.05, 4.69) is 15.3 Å². The fourth-order valence-corrected chi connectivity index (χ4v) is 2.58. The molecule has 1 aliphatic carbocycles. The third-order valence-electron chi connectivity index (χ3n) is 3.77. The zero-order valence-electron chi connectivity index (χ0n) is 13.7. The van der Waals surface area contributed by atoms with Crippen LogP contribution in [-0.2, 0) is 14.3 Å². The van der Waals surface area contributed by atoms with Crippen LogP contribution in [0.3, 0.4) is 0 Å². The van der Waals surface area contributed by atoms with Crippen molar-refractivity contribution in [2.24, 2.45) is 0 Å². The zero-order valence-corrected chi connectivity index (χ0v) is 13.7. The number of amides is 1. The number of ether oxygens (including phenoxy) is 2. The number of rotatable bonds is 7. The van der Waals surface area contributed by atoms with Crippen molar-refractivity contribution in [1.29, 1.82) is 0 Å². The van der Waals surface area contributed by atoms with Gasteiger partial charge in [-0.1, -0.05) is 0 Å². The summed E-state index contributed by atoms with van der Waals surface area (Å²) in [6.45, 7) is 2.05. The van der Waals surface area contributed by atoms with Gasteiger partial charge in [-0.15, -0.1) is 0 Å². The molecule has 24 heavy (non-hydrogen) atoms. The summed E-state index contributed by atoms with van der Waals surface area (Å²) >= 11 is 0. The Bertz CT molecular complexity index is 545. The molecule has 132 valence electrons. The highest BCUT2D eigenvalue weighted by molar-refractivity contribution is 5.81. The normalized spacial score (nSPS) is 20.2. The maximum atomic E-state index is 12.7. The van der Waals surface area contributed by atoms with E-state index in [9.17, 15) is 14.0 Å². The molecule has 0 aliphatic heterocycles. The molecule has 1 aromatic rings. The maximum absolute atomic E-state index is 12.7. The molecular weight excluding hydrogens is 317 g/mol. The van der Waals surface area contributed by atoms with Gasteiger partial charge in [-0.25, -0.2) is 14.4 Å². The number of halogens is 1. The highest BCUT2D eigenvalue weighted by Gasteiger charge is 2.24. The number of esters is 1. The molecule has 1 saturated carbocycles. The molecule has 1 heterocycles. The van der Waals surface area contributed by atoms with Gasteiger partial charge < -0.3 is 14.8 Å². The van der Waals surface area contributed by atoms with Crippen molar-refractivity contribution in [3.8, 4) is 6.01 Å². The predicted molar refractivity (Wildman–Crippen MR) is 82.7 cm³/mol. The van der Waals surface area contributed by atoms with Crippen molar-refractivity contribution in [2.75, 3.05) is 6.61 Å². The van der Waals surface area contributed by atoms with Crippen LogP contribution in [0.4, 0.5) is 4.39 Å². The predicted octanol–water partition coefficient (Wildman–Crippen LogP) is 1.77. The van der Waals surface area contributed by atoms with Gasteiger partial charge in [0.15, 0.2) is 5.82 Å². The first-order chi connectivity index (χ1) is 11.6. The number of carbonyl (C=O) groups excluding carboxylic acids is 2. The second-order valence-corrected chi connectivity index (χ2v) is 5.65. The van der Waals surface area contributed by atoms with Crippen molar-refractivity contribution in [1.82, 2.24) is 15.3 Å². The Kier molecular flexibility index (Phi) is 6.89. The number of nitrogens with zero attached hydrogens (tertiary/aromatic N) is 2. The highest BCUT2D eigenvalue weighted by atomic mass is 19.1. The van der Waals surface area contributed by atoms with E-state index in [1.165, 1.54) is 0 Å². The third kappa shape index (κ3) is 6.10. The second kappa shape index (κ2) is 9.14. The molecule has 0 atom stereocenters. The van der Waals surface area contributed by atoms with Crippen molar-refractivity contribution < 1.29 is 23.5 Å². The Hall–Kier alpha value is -2.25. The summed E-state index contributed by atoms with van der Waals surface area (Å²) in [7, 11) is 0. The van der Waals surface area contributed by atoms with E-state index < -0.39 is 5.82 Å². The molecule has 0 radical (unpaired) electrons. The molecule has 8 heteroatoms. The van der Waals surface area contributed by atoms with Gasteiger partial charge in [-0.3, -0.25) is 9.59 Å². The van der Waals surface area contributed by atoms with E-state index in [1.807, 2.05) is 0 Å². The molecule has 0 spiro atoms. The van der Waals surface area contributed by atoms with Crippen LogP contribution in [0.1, 0.15) is 45.4 Å². The van der Waals surface area contributed by atoms with Gasteiger partial charge in [0.1, 0.15) is 6.10 Å². The topological polar surface area (TPSA) is 90.4 Å². The SMILES string of the molecule is CCOC(=O)CCC(=O)NC1CCC(Oc2ncc(F)cn2)CC1. The number of aromatic nitrogens is 2. The Morgan fingerprint density at radius 3 is 2.50 bits per heavy atom. The summed E-state index contributed by atoms with van der Waals surface area (Å²) in [6, 6.07) is 0.243. The largest absolute Gasteiger partial charge is 0.466 e. The molecule has 1 aliphatic rings. The minimum absolute atomic E-state index is 0.0388. The number of hydrogen-bond acceptors (Lipinski definition) is 6. The molecule has 7 nitrogen and oxygen atoms in total. The van der Waals surface area contributed by atoms with Crippen molar-refractivity contribution >= 4 is 11.9 Å². The van der Waals surface area contributed by atoms with Crippen molar-refractivity contribution in [2.45, 2.75) is 57.6 Å². The summed E-state index contributed by atoms with van der Waals surface area (Å²) in [5.74, 6) is -1.00. The molecule has 1 amide bonds. The molecule has 0 aromatic carbocycles. The average molecular weight is 339 g/mol. The van der Waals surface area contributed by atoms with Gasteiger partial charge >= 0.3 is 12.0 Å². The van der Waals surface area contributed by atoms with Gasteiger partial charge in [-0.05, 0) is 32.6 Å². The first-order valence-electron chi connectivity index (χ1n) is 8.16. The van der Waals surface area contributed by atoms with Gasteiger partial charge in [-0.2, -0.15) is 0 Å². The number of carbonyl (C=O) groups is 2. The molecule has 0 saturated heterocycles. The van der Waals surface area contributed by atoms with Crippen LogP contribution in [0.15, 0.2) is 12.4 Å². The summed E-state index contributed by atoms with van der Waals surface area (Å²) in [4.78, 5) is 30.6. The Morgan fingerprint density at radius 2 is 1.88 bits per heavy atom. The Balaban J connectivity index is 1.66. The van der Waals surface area contributed by atoms with Gasteiger partial charge in [0.2, 0.25) is 5.91 Å². The highest BCUT2D eigenvalue weighted by Crippen LogP contribution is 2.22. The van der Waals surface area contributed by atoms with Crippen LogP contribution in [0.2, 0.25) is 0 Å². The van der Waals surface area contributed by atoms with Gasteiger partial charge in [0.25, 0.3) is 0 Å². The smallest absolute Gasteiger partial charge is 0.316 e. The second-order valence-electron chi connectivity index (χ2n) is 5.65. The lowest BCUT2D eigenvalue weighted by Crippen LogP contribution is -2.39. The molecule has 1 fully saturated rings. The first-order valence-corrected chi connectivity index (χ1v) is 8.16. The van der Waals surface area contributed by atoms with Crippen LogP contribution < -0.4 is 10.1 Å². The van der Waals surface area contributed by atoms with E-state index in [0.717, 1.165) is 38.1 Å². The number of nitrogens with one attached hydrogen (secondary N) is 1. The van der Waals surface area contributed by atoms with Crippen LogP contribution >= 0.6 is 0 Å². The van der Waals surface area contributed by atoms with Crippen LogP contribution in [0, 0.1) is 5.82 Å². The molecule has 0 bridgehead atoms. The lowest BCUT2D eigenvalue weighted by Gasteiger charge is -2.28. The van der Waals surface area contributed by atoms with E-state index in [-0.39, 0.29) is 42.9 Å². The maximum Gasteiger partial charge on any atom is 0.316 e. The van der Waals surface area contributed by atoms with Crippen molar-refractivity contribution in [3.63, 3.8) is 0 Å². The van der Waals surface area contributed by atoms with E-state index in [0.29, 0.717) is 6.61 Å². The summed E-state index contributed by atoms with van der Waals surface area (Å²) in [6.07, 6.45) is 5.39. The Morgan fingerprint density at radius 1 is 1.21 bits per heavy atom. The summed E-state index contributed by atoms with van der Waals surface area (Å²) < 4.78 is 23.1. The van der Waals surface area contributed by atoms with E-state index in [1.54, 1.807) is 6.92 Å². The van der Waals surface area contributed by atoms with Crippen LogP contribution in [0.25, 0.3) is 0 Å². The monoisotopic (exact) mass is 339 g/mol. The third-order valence-corrected chi connectivity index (χ3v) is 3.77. The minimum Gasteiger partial charge on any atom is -0.466 e. The molecule has 0 unspecified atom stereocenters. The molecule has 2 rings (SSSR count). The molecular formula is C16H22FN3O4. The molecule has 1 aromatic heterocycles. The minimum atomic E-state index is -0.503.